The number of nitrogens with one attached hydrogen (secondary N) is 2. The van der Waals surface area contributed by atoms with Gasteiger partial charge in [0, 0.05) is 25.5 Å². The van der Waals surface area contributed by atoms with Gasteiger partial charge in [-0.2, -0.15) is 0 Å². The Morgan fingerprint density at radius 2 is 1.93 bits per heavy atom. The Bertz CT molecular complexity index is 932. The van der Waals surface area contributed by atoms with Gasteiger partial charge in [0.05, 0.1) is 18.9 Å². The zero-order valence-electron chi connectivity index (χ0n) is 17.2. The van der Waals surface area contributed by atoms with Crippen molar-refractivity contribution in [2.75, 3.05) is 6.54 Å². The number of hydrogen-bond acceptors (Lipinski definition) is 2. The first-order chi connectivity index (χ1) is 14.0. The molecule has 2 N–H and O–H groups in total. The Balaban J connectivity index is 1.62. The molecule has 0 spiro atoms. The highest BCUT2D eigenvalue weighted by molar-refractivity contribution is 5.80. The van der Waals surface area contributed by atoms with Crippen LogP contribution in [0.2, 0.25) is 0 Å². The lowest BCUT2D eigenvalue weighted by molar-refractivity contribution is 0.607. The monoisotopic (exact) mass is 393 g/mol. The lowest BCUT2D eigenvalue weighted by atomic mass is 10.1. The number of halogens is 1. The number of benzene rings is 2. The summed E-state index contributed by atoms with van der Waals surface area (Å²) in [7, 11) is 0. The SMILES string of the molecule is CCNC(=NCc1ccc(Cn2ccnc2)cc1)NC(C)c1ccc(C)c(F)c1. The van der Waals surface area contributed by atoms with Crippen molar-refractivity contribution in [2.24, 2.45) is 4.99 Å². The highest BCUT2D eigenvalue weighted by Gasteiger charge is 2.10. The van der Waals surface area contributed by atoms with Crippen molar-refractivity contribution in [3.8, 4) is 0 Å². The summed E-state index contributed by atoms with van der Waals surface area (Å²) in [5.74, 6) is 0.525. The van der Waals surface area contributed by atoms with Gasteiger partial charge in [0.25, 0.3) is 0 Å². The van der Waals surface area contributed by atoms with E-state index < -0.39 is 0 Å². The molecule has 0 aliphatic heterocycles. The highest BCUT2D eigenvalue weighted by atomic mass is 19.1. The number of rotatable bonds is 7. The standard InChI is InChI=1S/C23H28FN5/c1-4-26-23(28-18(3)21-10-5-17(2)22(24)13-21)27-14-19-6-8-20(9-7-19)15-29-12-11-25-16-29/h5-13,16,18H,4,14-15H2,1-3H3,(H2,26,27,28). The lowest BCUT2D eigenvalue weighted by Gasteiger charge is -2.18. The average Bonchev–Trinajstić information content (AvgIpc) is 3.22. The van der Waals surface area contributed by atoms with E-state index >= 15 is 0 Å². The second-order valence-electron chi connectivity index (χ2n) is 7.12. The first-order valence-corrected chi connectivity index (χ1v) is 9.89. The molecule has 0 fully saturated rings. The molecular formula is C23H28FN5. The van der Waals surface area contributed by atoms with Crippen LogP contribution in [0.5, 0.6) is 0 Å². The Labute approximate surface area is 171 Å². The van der Waals surface area contributed by atoms with E-state index in [4.69, 9.17) is 0 Å². The molecule has 0 bridgehead atoms. The van der Waals surface area contributed by atoms with Gasteiger partial charge in [-0.1, -0.05) is 36.4 Å². The molecule has 0 aliphatic carbocycles. The van der Waals surface area contributed by atoms with Crippen LogP contribution in [0, 0.1) is 12.7 Å². The molecule has 1 heterocycles. The number of hydrogen-bond donors (Lipinski definition) is 2. The maximum Gasteiger partial charge on any atom is 0.192 e. The molecule has 29 heavy (non-hydrogen) atoms. The van der Waals surface area contributed by atoms with Crippen LogP contribution in [0.4, 0.5) is 4.39 Å². The zero-order valence-corrected chi connectivity index (χ0v) is 17.2. The van der Waals surface area contributed by atoms with Gasteiger partial charge in [-0.05, 0) is 49.1 Å². The maximum atomic E-state index is 13.9. The van der Waals surface area contributed by atoms with Gasteiger partial charge in [0.2, 0.25) is 0 Å². The third kappa shape index (κ3) is 5.91. The third-order valence-electron chi connectivity index (χ3n) is 4.76. The van der Waals surface area contributed by atoms with E-state index in [-0.39, 0.29) is 11.9 Å². The number of imidazole rings is 1. The molecular weight excluding hydrogens is 365 g/mol. The molecule has 0 saturated carbocycles. The number of aryl methyl sites for hydroxylation is 1. The van der Waals surface area contributed by atoms with Crippen molar-refractivity contribution < 1.29 is 4.39 Å². The molecule has 152 valence electrons. The van der Waals surface area contributed by atoms with Crippen molar-refractivity contribution in [3.63, 3.8) is 0 Å². The Morgan fingerprint density at radius 3 is 2.59 bits per heavy atom. The predicted octanol–water partition coefficient (Wildman–Crippen LogP) is 4.20. The summed E-state index contributed by atoms with van der Waals surface area (Å²) >= 11 is 0. The van der Waals surface area contributed by atoms with Crippen molar-refractivity contribution in [3.05, 3.63) is 89.3 Å². The quantitative estimate of drug-likeness (QED) is 0.467. The summed E-state index contributed by atoms with van der Waals surface area (Å²) in [6.07, 6.45) is 5.55. The number of aromatic nitrogens is 2. The van der Waals surface area contributed by atoms with Crippen LogP contribution in [0.15, 0.2) is 66.2 Å². The van der Waals surface area contributed by atoms with Crippen LogP contribution in [-0.2, 0) is 13.1 Å². The van der Waals surface area contributed by atoms with E-state index in [2.05, 4.69) is 44.9 Å². The van der Waals surface area contributed by atoms with Gasteiger partial charge in [-0.25, -0.2) is 14.4 Å². The average molecular weight is 394 g/mol. The number of nitrogens with zero attached hydrogens (tertiary/aromatic N) is 3. The summed E-state index contributed by atoms with van der Waals surface area (Å²) < 4.78 is 15.9. The second kappa shape index (κ2) is 9.87. The molecule has 0 radical (unpaired) electrons. The minimum Gasteiger partial charge on any atom is -0.357 e. The molecule has 1 aromatic heterocycles. The topological polar surface area (TPSA) is 54.2 Å². The Kier molecular flexibility index (Phi) is 7.00. The summed E-state index contributed by atoms with van der Waals surface area (Å²) in [5, 5.41) is 6.61. The lowest BCUT2D eigenvalue weighted by Crippen LogP contribution is -2.38. The van der Waals surface area contributed by atoms with Gasteiger partial charge in [-0.15, -0.1) is 0 Å². The second-order valence-corrected chi connectivity index (χ2v) is 7.12. The van der Waals surface area contributed by atoms with Gasteiger partial charge < -0.3 is 15.2 Å². The van der Waals surface area contributed by atoms with E-state index in [0.29, 0.717) is 18.1 Å². The molecule has 2 aromatic carbocycles. The summed E-state index contributed by atoms with van der Waals surface area (Å²) in [6, 6.07) is 13.7. The van der Waals surface area contributed by atoms with E-state index in [9.17, 15) is 4.39 Å². The minimum atomic E-state index is -0.186. The largest absolute Gasteiger partial charge is 0.357 e. The van der Waals surface area contributed by atoms with E-state index in [1.807, 2.05) is 37.0 Å². The van der Waals surface area contributed by atoms with Crippen LogP contribution in [-0.4, -0.2) is 22.1 Å². The molecule has 3 rings (SSSR count). The van der Waals surface area contributed by atoms with Crippen LogP contribution < -0.4 is 10.6 Å². The Hall–Kier alpha value is -3.15. The molecule has 1 unspecified atom stereocenters. The molecule has 1 atom stereocenters. The molecule has 3 aromatic rings. The fourth-order valence-corrected chi connectivity index (χ4v) is 3.00. The fraction of sp³-hybridized carbons (Fsp3) is 0.304. The van der Waals surface area contributed by atoms with Gasteiger partial charge in [-0.3, -0.25) is 0 Å². The smallest absolute Gasteiger partial charge is 0.192 e. The molecule has 5 nitrogen and oxygen atoms in total. The van der Waals surface area contributed by atoms with Crippen molar-refractivity contribution >= 4 is 5.96 Å². The Morgan fingerprint density at radius 1 is 1.17 bits per heavy atom. The maximum absolute atomic E-state index is 13.9. The van der Waals surface area contributed by atoms with Crippen LogP contribution in [0.25, 0.3) is 0 Å². The van der Waals surface area contributed by atoms with Crippen molar-refractivity contribution in [1.82, 2.24) is 20.2 Å². The highest BCUT2D eigenvalue weighted by Crippen LogP contribution is 2.16. The van der Waals surface area contributed by atoms with Crippen LogP contribution in [0.1, 0.15) is 42.1 Å². The summed E-state index contributed by atoms with van der Waals surface area (Å²) in [6.45, 7) is 7.92. The normalized spacial score (nSPS) is 12.6. The van der Waals surface area contributed by atoms with Gasteiger partial charge >= 0.3 is 0 Å². The van der Waals surface area contributed by atoms with Gasteiger partial charge in [0.1, 0.15) is 5.82 Å². The summed E-state index contributed by atoms with van der Waals surface area (Å²) in [5.41, 5.74) is 3.89. The van der Waals surface area contributed by atoms with Gasteiger partial charge in [0.15, 0.2) is 5.96 Å². The van der Waals surface area contributed by atoms with E-state index in [1.165, 1.54) is 5.56 Å². The molecule has 0 saturated heterocycles. The zero-order chi connectivity index (χ0) is 20.6. The minimum absolute atomic E-state index is 0.0551. The van der Waals surface area contributed by atoms with E-state index in [1.54, 1.807) is 25.3 Å². The first-order valence-electron chi connectivity index (χ1n) is 9.89. The predicted molar refractivity (Wildman–Crippen MR) is 115 cm³/mol. The summed E-state index contributed by atoms with van der Waals surface area (Å²) in [4.78, 5) is 8.75. The third-order valence-corrected chi connectivity index (χ3v) is 4.76. The van der Waals surface area contributed by atoms with Crippen molar-refractivity contribution in [1.29, 1.82) is 0 Å². The fourth-order valence-electron chi connectivity index (χ4n) is 3.00. The molecule has 6 heteroatoms. The molecule has 0 aliphatic rings. The molecule has 0 amide bonds. The van der Waals surface area contributed by atoms with E-state index in [0.717, 1.165) is 24.2 Å². The van der Waals surface area contributed by atoms with Crippen LogP contribution in [0.3, 0.4) is 0 Å². The number of guanidine groups is 1. The first kappa shape index (κ1) is 20.6. The van der Waals surface area contributed by atoms with Crippen LogP contribution >= 0.6 is 0 Å². The number of aliphatic imine (C=N–C) groups is 1. The van der Waals surface area contributed by atoms with Crippen molar-refractivity contribution in [2.45, 2.75) is 39.9 Å².